The maximum absolute atomic E-state index is 6.29. The number of rotatable bonds is 4. The molecule has 2 N–H and O–H groups in total. The van der Waals surface area contributed by atoms with Gasteiger partial charge in [0.2, 0.25) is 0 Å². The zero-order valence-corrected chi connectivity index (χ0v) is 10.8. The van der Waals surface area contributed by atoms with Crippen molar-refractivity contribution in [3.63, 3.8) is 0 Å². The number of benzene rings is 1. The van der Waals surface area contributed by atoms with Crippen LogP contribution in [-0.4, -0.2) is 24.5 Å². The van der Waals surface area contributed by atoms with Gasteiger partial charge in [-0.3, -0.25) is 4.90 Å². The summed E-state index contributed by atoms with van der Waals surface area (Å²) in [7, 11) is 0. The summed E-state index contributed by atoms with van der Waals surface area (Å²) in [4.78, 5) is 2.45. The first-order valence-electron chi connectivity index (χ1n) is 6.17. The second kappa shape index (κ2) is 6.20. The second-order valence-electron chi connectivity index (χ2n) is 4.47. The molecule has 1 heterocycles. The molecule has 0 saturated carbocycles. The fourth-order valence-electron chi connectivity index (χ4n) is 2.18. The van der Waals surface area contributed by atoms with Crippen molar-refractivity contribution in [2.75, 3.05) is 19.6 Å². The molecule has 0 aliphatic carbocycles. The minimum absolute atomic E-state index is 0.563. The van der Waals surface area contributed by atoms with Crippen molar-refractivity contribution >= 4 is 17.7 Å². The zero-order chi connectivity index (χ0) is 12.1. The largest absolute Gasteiger partial charge is 0.327 e. The summed E-state index contributed by atoms with van der Waals surface area (Å²) < 4.78 is 0. The van der Waals surface area contributed by atoms with Crippen LogP contribution in [0.2, 0.25) is 5.02 Å². The van der Waals surface area contributed by atoms with Gasteiger partial charge in [0.05, 0.1) is 0 Å². The smallest absolute Gasteiger partial charge is 0.0456 e. The Morgan fingerprint density at radius 2 is 2.06 bits per heavy atom. The van der Waals surface area contributed by atoms with Gasteiger partial charge in [0.15, 0.2) is 0 Å². The van der Waals surface area contributed by atoms with Gasteiger partial charge in [0.1, 0.15) is 0 Å². The Bertz CT molecular complexity index is 395. The number of nitrogens with two attached hydrogens (primary N) is 1. The van der Waals surface area contributed by atoms with Crippen LogP contribution < -0.4 is 5.73 Å². The quantitative estimate of drug-likeness (QED) is 0.890. The van der Waals surface area contributed by atoms with Crippen molar-refractivity contribution in [1.29, 1.82) is 0 Å². The van der Waals surface area contributed by atoms with E-state index >= 15 is 0 Å². The Morgan fingerprint density at radius 1 is 1.29 bits per heavy atom. The molecule has 0 radical (unpaired) electrons. The molecule has 0 bridgehead atoms. The van der Waals surface area contributed by atoms with Crippen molar-refractivity contribution in [2.24, 2.45) is 5.73 Å². The molecule has 1 aliphatic heterocycles. The monoisotopic (exact) mass is 250 g/mol. The molecule has 2 rings (SSSR count). The Balaban J connectivity index is 2.05. The maximum Gasteiger partial charge on any atom is 0.0456 e. The minimum atomic E-state index is 0.563. The predicted octanol–water partition coefficient (Wildman–Crippen LogP) is 2.91. The molecule has 0 atom stereocenters. The van der Waals surface area contributed by atoms with Crippen LogP contribution in [0.5, 0.6) is 0 Å². The molecule has 1 aromatic rings. The highest BCUT2D eigenvalue weighted by atomic mass is 35.5. The second-order valence-corrected chi connectivity index (χ2v) is 4.88. The lowest BCUT2D eigenvalue weighted by atomic mass is 10.1. The summed E-state index contributed by atoms with van der Waals surface area (Å²) in [6.45, 7) is 3.93. The lowest BCUT2D eigenvalue weighted by Crippen LogP contribution is -2.18. The highest BCUT2D eigenvalue weighted by Gasteiger charge is 2.13. The molecule has 0 aromatic heterocycles. The van der Waals surface area contributed by atoms with E-state index in [1.165, 1.54) is 31.5 Å². The van der Waals surface area contributed by atoms with Gasteiger partial charge in [-0.15, -0.1) is 0 Å². The lowest BCUT2D eigenvalue weighted by Gasteiger charge is -2.15. The highest BCUT2D eigenvalue weighted by molar-refractivity contribution is 6.31. The molecule has 2 nitrogen and oxygen atoms in total. The highest BCUT2D eigenvalue weighted by Crippen LogP contribution is 2.22. The van der Waals surface area contributed by atoms with Crippen LogP contribution in [-0.2, 0) is 6.54 Å². The molecule has 1 fully saturated rings. The van der Waals surface area contributed by atoms with Gasteiger partial charge in [-0.2, -0.15) is 0 Å². The number of nitrogens with zero attached hydrogens (tertiary/aromatic N) is 1. The van der Waals surface area contributed by atoms with Gasteiger partial charge in [0.25, 0.3) is 0 Å². The minimum Gasteiger partial charge on any atom is -0.327 e. The van der Waals surface area contributed by atoms with Crippen LogP contribution in [0.15, 0.2) is 24.3 Å². The molecule has 1 saturated heterocycles. The van der Waals surface area contributed by atoms with Crippen molar-refractivity contribution in [3.05, 3.63) is 40.4 Å². The van der Waals surface area contributed by atoms with Gasteiger partial charge in [-0.1, -0.05) is 35.9 Å². The molecule has 17 heavy (non-hydrogen) atoms. The van der Waals surface area contributed by atoms with Gasteiger partial charge in [0, 0.05) is 18.1 Å². The zero-order valence-electron chi connectivity index (χ0n) is 10.0. The van der Waals surface area contributed by atoms with Crippen molar-refractivity contribution < 1.29 is 0 Å². The van der Waals surface area contributed by atoms with E-state index in [1.54, 1.807) is 0 Å². The molecule has 1 aliphatic rings. The maximum atomic E-state index is 6.29. The van der Waals surface area contributed by atoms with Crippen molar-refractivity contribution in [1.82, 2.24) is 4.90 Å². The topological polar surface area (TPSA) is 29.3 Å². The van der Waals surface area contributed by atoms with Gasteiger partial charge < -0.3 is 5.73 Å². The van der Waals surface area contributed by atoms with Gasteiger partial charge in [-0.25, -0.2) is 0 Å². The van der Waals surface area contributed by atoms with Crippen LogP contribution in [0, 0.1) is 0 Å². The van der Waals surface area contributed by atoms with E-state index in [1.807, 2.05) is 18.2 Å². The Labute approximate surface area is 108 Å². The van der Waals surface area contributed by atoms with E-state index in [2.05, 4.69) is 17.0 Å². The molecule has 3 heteroatoms. The summed E-state index contributed by atoms with van der Waals surface area (Å²) in [5, 5.41) is 0.857. The Kier molecular flexibility index (Phi) is 4.60. The summed E-state index contributed by atoms with van der Waals surface area (Å²) in [5.74, 6) is 0. The van der Waals surface area contributed by atoms with Crippen LogP contribution in [0.4, 0.5) is 0 Å². The van der Waals surface area contributed by atoms with E-state index < -0.39 is 0 Å². The third kappa shape index (κ3) is 3.56. The SMILES string of the molecule is NC/C=C/c1ccc(CN2CCCC2)c(Cl)c1. The van der Waals surface area contributed by atoms with Crippen LogP contribution in [0.1, 0.15) is 24.0 Å². The Morgan fingerprint density at radius 3 is 2.71 bits per heavy atom. The third-order valence-electron chi connectivity index (χ3n) is 3.12. The van der Waals surface area contributed by atoms with Crippen molar-refractivity contribution in [2.45, 2.75) is 19.4 Å². The molecule has 0 amide bonds. The van der Waals surface area contributed by atoms with E-state index in [-0.39, 0.29) is 0 Å². The summed E-state index contributed by atoms with van der Waals surface area (Å²) in [6.07, 6.45) is 6.57. The summed E-state index contributed by atoms with van der Waals surface area (Å²) in [6, 6.07) is 6.24. The number of halogens is 1. The average Bonchev–Trinajstić information content (AvgIpc) is 2.82. The number of hydrogen-bond acceptors (Lipinski definition) is 2. The molecular weight excluding hydrogens is 232 g/mol. The lowest BCUT2D eigenvalue weighted by molar-refractivity contribution is 0.331. The Hall–Kier alpha value is -0.830. The summed E-state index contributed by atoms with van der Waals surface area (Å²) >= 11 is 6.29. The first-order chi connectivity index (χ1) is 8.29. The standard InChI is InChI=1S/C14H19ClN2/c15-14-10-12(4-3-7-16)5-6-13(14)11-17-8-1-2-9-17/h3-6,10H,1-2,7-9,11,16H2/b4-3+. The van der Waals surface area contributed by atoms with Crippen LogP contribution in [0.3, 0.4) is 0 Å². The first kappa shape index (κ1) is 12.6. The van der Waals surface area contributed by atoms with Gasteiger partial charge >= 0.3 is 0 Å². The van der Waals surface area contributed by atoms with Gasteiger partial charge in [-0.05, 0) is 43.1 Å². The normalized spacial score (nSPS) is 17.1. The van der Waals surface area contributed by atoms with E-state index in [9.17, 15) is 0 Å². The van der Waals surface area contributed by atoms with E-state index in [0.29, 0.717) is 6.54 Å². The molecule has 0 unspecified atom stereocenters. The number of hydrogen-bond donors (Lipinski definition) is 1. The van der Waals surface area contributed by atoms with E-state index in [4.69, 9.17) is 17.3 Å². The summed E-state index contributed by atoms with van der Waals surface area (Å²) in [5.41, 5.74) is 7.76. The van der Waals surface area contributed by atoms with Crippen molar-refractivity contribution in [3.8, 4) is 0 Å². The first-order valence-corrected chi connectivity index (χ1v) is 6.55. The van der Waals surface area contributed by atoms with E-state index in [0.717, 1.165) is 17.1 Å². The number of likely N-dealkylation sites (tertiary alicyclic amines) is 1. The molecule has 0 spiro atoms. The predicted molar refractivity (Wildman–Crippen MR) is 74.1 cm³/mol. The molecule has 92 valence electrons. The third-order valence-corrected chi connectivity index (χ3v) is 3.47. The molecule has 1 aromatic carbocycles. The molecular formula is C14H19ClN2. The van der Waals surface area contributed by atoms with Crippen LogP contribution in [0.25, 0.3) is 6.08 Å². The van der Waals surface area contributed by atoms with Crippen LogP contribution >= 0.6 is 11.6 Å². The average molecular weight is 251 g/mol. The fourth-order valence-corrected chi connectivity index (χ4v) is 2.43. The fraction of sp³-hybridized carbons (Fsp3) is 0.429.